The van der Waals surface area contributed by atoms with Gasteiger partial charge in [0.25, 0.3) is 0 Å². The summed E-state index contributed by atoms with van der Waals surface area (Å²) >= 11 is 5.88. The number of benzene rings is 2. The minimum absolute atomic E-state index is 0.0853. The fourth-order valence-corrected chi connectivity index (χ4v) is 5.97. The number of fused-ring (bicyclic) bond motifs is 1. The maximum absolute atomic E-state index is 14.2. The van der Waals surface area contributed by atoms with Crippen molar-refractivity contribution in [2.75, 3.05) is 38.3 Å². The highest BCUT2D eigenvalue weighted by atomic mass is 35.5. The molecule has 0 aliphatic carbocycles. The van der Waals surface area contributed by atoms with E-state index >= 15 is 0 Å². The second-order valence-electron chi connectivity index (χ2n) is 11.1. The Bertz CT molecular complexity index is 1560. The number of pyridine rings is 1. The molecule has 0 radical (unpaired) electrons. The van der Waals surface area contributed by atoms with Crippen LogP contribution in [-0.2, 0) is 24.4 Å². The van der Waals surface area contributed by atoms with Gasteiger partial charge in [0.1, 0.15) is 35.3 Å². The molecule has 2 atom stereocenters. The summed E-state index contributed by atoms with van der Waals surface area (Å²) in [5.74, 6) is 2.79. The maximum atomic E-state index is 14.2. The molecule has 0 spiro atoms. The van der Waals surface area contributed by atoms with Crippen molar-refractivity contribution in [2.45, 2.75) is 58.5 Å². The van der Waals surface area contributed by atoms with Crippen molar-refractivity contribution in [1.82, 2.24) is 19.4 Å². The van der Waals surface area contributed by atoms with E-state index in [-0.39, 0.29) is 18.5 Å². The van der Waals surface area contributed by atoms with Gasteiger partial charge in [-0.2, -0.15) is 4.98 Å². The predicted octanol–water partition coefficient (Wildman–Crippen LogP) is 6.01. The molecule has 2 fully saturated rings. The third-order valence-corrected chi connectivity index (χ3v) is 8.52. The molecule has 0 bridgehead atoms. The number of methoxy groups -OCH3 is 1. The smallest absolute Gasteiger partial charge is 0.215 e. The van der Waals surface area contributed by atoms with Gasteiger partial charge in [0, 0.05) is 48.9 Å². The second-order valence-corrected chi connectivity index (χ2v) is 11.5. The Hall–Kier alpha value is -3.40. The molecule has 42 heavy (non-hydrogen) atoms. The molecule has 0 amide bonds. The van der Waals surface area contributed by atoms with E-state index in [0.717, 1.165) is 86.2 Å². The van der Waals surface area contributed by atoms with Crippen molar-refractivity contribution in [3.8, 4) is 11.6 Å². The highest BCUT2D eigenvalue weighted by molar-refractivity contribution is 6.30. The van der Waals surface area contributed by atoms with Gasteiger partial charge in [-0.05, 0) is 55.7 Å². The molecule has 0 saturated carbocycles. The van der Waals surface area contributed by atoms with Crippen LogP contribution in [0.2, 0.25) is 5.02 Å². The average Bonchev–Trinajstić information content (AvgIpc) is 3.30. The Labute approximate surface area is 251 Å². The third-order valence-electron chi connectivity index (χ3n) is 8.29. The van der Waals surface area contributed by atoms with Crippen molar-refractivity contribution >= 4 is 28.5 Å². The van der Waals surface area contributed by atoms with Crippen LogP contribution >= 0.6 is 11.6 Å². The Balaban J connectivity index is 1.17. The van der Waals surface area contributed by atoms with Gasteiger partial charge in [0.05, 0.1) is 31.8 Å². The van der Waals surface area contributed by atoms with Crippen LogP contribution in [0.1, 0.15) is 36.7 Å². The Morgan fingerprint density at radius 1 is 1.12 bits per heavy atom. The molecule has 0 N–H and O–H groups in total. The van der Waals surface area contributed by atoms with E-state index in [1.165, 1.54) is 6.07 Å². The topological polar surface area (TPSA) is 64.9 Å². The summed E-state index contributed by atoms with van der Waals surface area (Å²) in [6.07, 6.45) is 2.29. The van der Waals surface area contributed by atoms with Crippen molar-refractivity contribution < 1.29 is 18.6 Å². The van der Waals surface area contributed by atoms with E-state index in [2.05, 4.69) is 34.3 Å². The Morgan fingerprint density at radius 2 is 1.98 bits per heavy atom. The number of ether oxygens (including phenoxy) is 3. The summed E-state index contributed by atoms with van der Waals surface area (Å²) in [4.78, 5) is 14.7. The zero-order chi connectivity index (χ0) is 29.2. The van der Waals surface area contributed by atoms with E-state index in [0.29, 0.717) is 22.5 Å². The van der Waals surface area contributed by atoms with E-state index < -0.39 is 0 Å². The molecule has 8 nitrogen and oxygen atoms in total. The monoisotopic (exact) mass is 593 g/mol. The highest BCUT2D eigenvalue weighted by Gasteiger charge is 2.30. The summed E-state index contributed by atoms with van der Waals surface area (Å²) in [5, 5.41) is 0.362. The van der Waals surface area contributed by atoms with Crippen LogP contribution in [0.3, 0.4) is 0 Å². The number of piperazine rings is 1. The largest absolute Gasteiger partial charge is 0.494 e. The molecule has 222 valence electrons. The van der Waals surface area contributed by atoms with Gasteiger partial charge >= 0.3 is 0 Å². The first-order chi connectivity index (χ1) is 20.4. The number of imidazole rings is 1. The van der Waals surface area contributed by atoms with E-state index in [1.807, 2.05) is 18.2 Å². The number of halogens is 2. The molecular formula is C32H37ClFN5O3. The molecule has 4 aromatic rings. The first-order valence-corrected chi connectivity index (χ1v) is 15.0. The van der Waals surface area contributed by atoms with Crippen molar-refractivity contribution in [2.24, 2.45) is 0 Å². The Kier molecular flexibility index (Phi) is 8.51. The van der Waals surface area contributed by atoms with E-state index in [9.17, 15) is 4.39 Å². The number of hydrogen-bond acceptors (Lipinski definition) is 7. The average molecular weight is 594 g/mol. The molecule has 10 heteroatoms. The van der Waals surface area contributed by atoms with Crippen LogP contribution in [0, 0.1) is 12.7 Å². The summed E-state index contributed by atoms with van der Waals surface area (Å²) in [5.41, 5.74) is 3.60. The fraction of sp³-hybridized carbons (Fsp3) is 0.438. The van der Waals surface area contributed by atoms with Crippen LogP contribution in [-0.4, -0.2) is 64.9 Å². The number of rotatable bonds is 10. The SMILES string of the molecule is CCC1CN(c2cccc(OCc3ccc(Cl)cc3F)n2)CCN1Cc1nc2c(OC)cc(C)cc2n1CC1CCO1. The van der Waals surface area contributed by atoms with Gasteiger partial charge in [-0.25, -0.2) is 9.37 Å². The van der Waals surface area contributed by atoms with E-state index in [1.54, 1.807) is 25.3 Å². The minimum atomic E-state index is -0.386. The molecule has 2 aromatic carbocycles. The standard InChI is InChI=1S/C32H37ClFN5O3/c1-4-24-17-38(29-6-5-7-31(35-29)42-20-22-8-9-23(33)16-26(22)34)12-11-37(24)19-30-36-32-27(14-21(2)15-28(32)40-3)39(30)18-25-10-13-41-25/h5-9,14-16,24-25H,4,10-13,17-20H2,1-3H3. The minimum Gasteiger partial charge on any atom is -0.494 e. The normalized spacial score (nSPS) is 19.2. The number of anilines is 1. The summed E-state index contributed by atoms with van der Waals surface area (Å²) in [6.45, 7) is 9.32. The third kappa shape index (κ3) is 6.04. The lowest BCUT2D eigenvalue weighted by atomic mass is 10.1. The van der Waals surface area contributed by atoms with Gasteiger partial charge in [-0.1, -0.05) is 30.7 Å². The molecule has 2 aliphatic heterocycles. The van der Waals surface area contributed by atoms with Crippen LogP contribution in [0.25, 0.3) is 11.0 Å². The molecular weight excluding hydrogens is 557 g/mol. The summed E-state index contributed by atoms with van der Waals surface area (Å²) in [6, 6.07) is 14.9. The molecule has 2 aliphatic rings. The lowest BCUT2D eigenvalue weighted by Gasteiger charge is -2.41. The molecule has 2 aromatic heterocycles. The quantitative estimate of drug-likeness (QED) is 0.223. The molecule has 2 saturated heterocycles. The van der Waals surface area contributed by atoms with Gasteiger partial charge in [-0.15, -0.1) is 0 Å². The van der Waals surface area contributed by atoms with Crippen LogP contribution in [0.15, 0.2) is 48.5 Å². The fourth-order valence-electron chi connectivity index (χ4n) is 5.81. The zero-order valence-electron chi connectivity index (χ0n) is 24.4. The molecule has 2 unspecified atom stereocenters. The van der Waals surface area contributed by atoms with Crippen molar-refractivity contribution in [3.63, 3.8) is 0 Å². The number of aryl methyl sites for hydroxylation is 1. The first-order valence-electron chi connectivity index (χ1n) is 14.6. The maximum Gasteiger partial charge on any atom is 0.215 e. The Morgan fingerprint density at radius 3 is 2.71 bits per heavy atom. The van der Waals surface area contributed by atoms with Gasteiger partial charge < -0.3 is 23.7 Å². The summed E-state index contributed by atoms with van der Waals surface area (Å²) < 4.78 is 33.9. The van der Waals surface area contributed by atoms with Gasteiger partial charge in [-0.3, -0.25) is 4.90 Å². The summed E-state index contributed by atoms with van der Waals surface area (Å²) in [7, 11) is 1.71. The van der Waals surface area contributed by atoms with Crippen molar-refractivity contribution in [1.29, 1.82) is 0 Å². The number of hydrogen-bond donors (Lipinski definition) is 0. The lowest BCUT2D eigenvalue weighted by Crippen LogP contribution is -2.53. The van der Waals surface area contributed by atoms with Gasteiger partial charge in [0.15, 0.2) is 0 Å². The second kappa shape index (κ2) is 12.5. The number of aromatic nitrogens is 3. The molecule has 6 rings (SSSR count). The van der Waals surface area contributed by atoms with Crippen LogP contribution < -0.4 is 14.4 Å². The van der Waals surface area contributed by atoms with Crippen molar-refractivity contribution in [3.05, 3.63) is 76.3 Å². The highest BCUT2D eigenvalue weighted by Crippen LogP contribution is 2.31. The zero-order valence-corrected chi connectivity index (χ0v) is 25.1. The van der Waals surface area contributed by atoms with Gasteiger partial charge in [0.2, 0.25) is 5.88 Å². The van der Waals surface area contributed by atoms with Crippen LogP contribution in [0.4, 0.5) is 10.2 Å². The predicted molar refractivity (Wildman–Crippen MR) is 162 cm³/mol. The first kappa shape index (κ1) is 28.7. The number of nitrogens with zero attached hydrogens (tertiary/aromatic N) is 5. The van der Waals surface area contributed by atoms with E-state index in [4.69, 9.17) is 35.8 Å². The molecule has 4 heterocycles. The van der Waals surface area contributed by atoms with Crippen LogP contribution in [0.5, 0.6) is 11.6 Å². The lowest BCUT2D eigenvalue weighted by molar-refractivity contribution is -0.0592.